The minimum Gasteiger partial charge on any atom is -0.381 e. The quantitative estimate of drug-likeness (QED) is 0.598. The predicted molar refractivity (Wildman–Crippen MR) is 110 cm³/mol. The van der Waals surface area contributed by atoms with Crippen molar-refractivity contribution in [3.05, 3.63) is 23.9 Å². The smallest absolute Gasteiger partial charge is 0.193 e. The topological polar surface area (TPSA) is 56.2 Å². The zero-order valence-corrected chi connectivity index (χ0v) is 17.0. The Kier molecular flexibility index (Phi) is 7.29. The lowest BCUT2D eigenvalue weighted by Crippen LogP contribution is -2.46. The summed E-state index contributed by atoms with van der Waals surface area (Å²) in [5.74, 6) is 2.60. The number of guanidine groups is 1. The van der Waals surface area contributed by atoms with Crippen LogP contribution in [0.25, 0.3) is 0 Å². The first-order valence-electron chi connectivity index (χ1n) is 10.1. The van der Waals surface area contributed by atoms with Gasteiger partial charge in [-0.1, -0.05) is 13.0 Å². The van der Waals surface area contributed by atoms with Crippen molar-refractivity contribution in [1.29, 1.82) is 0 Å². The third-order valence-electron chi connectivity index (χ3n) is 5.53. The Morgan fingerprint density at radius 2 is 2.15 bits per heavy atom. The molecule has 0 bridgehead atoms. The van der Waals surface area contributed by atoms with Crippen LogP contribution < -0.4 is 10.2 Å². The average molecular weight is 375 g/mol. The Balaban J connectivity index is 1.47. The molecule has 7 nitrogen and oxygen atoms in total. The van der Waals surface area contributed by atoms with Gasteiger partial charge in [0.2, 0.25) is 0 Å². The van der Waals surface area contributed by atoms with E-state index in [1.165, 1.54) is 5.56 Å². The molecule has 2 saturated heterocycles. The fourth-order valence-corrected chi connectivity index (χ4v) is 3.77. The Morgan fingerprint density at radius 3 is 2.74 bits per heavy atom. The Labute approximate surface area is 163 Å². The molecule has 27 heavy (non-hydrogen) atoms. The molecule has 1 atom stereocenters. The molecule has 2 fully saturated rings. The number of nitrogens with zero attached hydrogens (tertiary/aromatic N) is 5. The average Bonchev–Trinajstić information content (AvgIpc) is 3.22. The third kappa shape index (κ3) is 5.56. The second-order valence-corrected chi connectivity index (χ2v) is 7.46. The van der Waals surface area contributed by atoms with Crippen LogP contribution in [-0.4, -0.2) is 87.3 Å². The molecule has 0 aromatic carbocycles. The van der Waals surface area contributed by atoms with E-state index >= 15 is 0 Å². The van der Waals surface area contributed by atoms with Crippen LogP contribution in [0.15, 0.2) is 23.3 Å². The molecule has 2 aliphatic heterocycles. The van der Waals surface area contributed by atoms with Crippen LogP contribution in [0, 0.1) is 5.92 Å². The van der Waals surface area contributed by atoms with E-state index in [-0.39, 0.29) is 0 Å². The van der Waals surface area contributed by atoms with Crippen LogP contribution in [-0.2, 0) is 11.3 Å². The van der Waals surface area contributed by atoms with Crippen molar-refractivity contribution in [1.82, 2.24) is 20.1 Å². The van der Waals surface area contributed by atoms with E-state index in [1.54, 1.807) is 0 Å². The Bertz CT molecular complexity index is 591. The molecular weight excluding hydrogens is 340 g/mol. The number of anilines is 1. The number of hydrogen-bond donors (Lipinski definition) is 1. The number of ether oxygens (including phenoxy) is 1. The summed E-state index contributed by atoms with van der Waals surface area (Å²) in [6, 6.07) is 4.31. The molecule has 3 rings (SSSR count). The Morgan fingerprint density at radius 1 is 1.33 bits per heavy atom. The van der Waals surface area contributed by atoms with Gasteiger partial charge in [0.15, 0.2) is 5.96 Å². The van der Waals surface area contributed by atoms with E-state index in [1.807, 2.05) is 13.2 Å². The summed E-state index contributed by atoms with van der Waals surface area (Å²) in [6.07, 6.45) is 3.12. The molecule has 2 aliphatic rings. The molecule has 0 radical (unpaired) electrons. The monoisotopic (exact) mass is 374 g/mol. The van der Waals surface area contributed by atoms with Crippen LogP contribution in [0.1, 0.15) is 18.9 Å². The lowest BCUT2D eigenvalue weighted by Gasteiger charge is -2.34. The van der Waals surface area contributed by atoms with Gasteiger partial charge in [-0.15, -0.1) is 0 Å². The first kappa shape index (κ1) is 19.9. The largest absolute Gasteiger partial charge is 0.381 e. The van der Waals surface area contributed by atoms with Crippen LogP contribution in [0.2, 0.25) is 0 Å². The summed E-state index contributed by atoms with van der Waals surface area (Å²) >= 11 is 0. The van der Waals surface area contributed by atoms with Crippen LogP contribution >= 0.6 is 0 Å². The first-order valence-corrected chi connectivity index (χ1v) is 10.1. The van der Waals surface area contributed by atoms with Crippen molar-refractivity contribution < 1.29 is 4.74 Å². The summed E-state index contributed by atoms with van der Waals surface area (Å²) < 4.78 is 5.47. The molecule has 3 heterocycles. The van der Waals surface area contributed by atoms with Gasteiger partial charge in [-0.2, -0.15) is 0 Å². The minimum absolute atomic E-state index is 0.600. The molecule has 0 aliphatic carbocycles. The minimum atomic E-state index is 0.600. The fourth-order valence-electron chi connectivity index (χ4n) is 3.77. The molecule has 0 amide bonds. The lowest BCUT2D eigenvalue weighted by molar-refractivity contribution is 0.181. The van der Waals surface area contributed by atoms with E-state index in [2.05, 4.69) is 56.1 Å². The fraction of sp³-hybridized carbons (Fsp3) is 0.700. The van der Waals surface area contributed by atoms with Gasteiger partial charge < -0.3 is 24.8 Å². The summed E-state index contributed by atoms with van der Waals surface area (Å²) in [4.78, 5) is 16.1. The number of rotatable bonds is 6. The van der Waals surface area contributed by atoms with Gasteiger partial charge in [-0.3, -0.25) is 4.99 Å². The maximum absolute atomic E-state index is 5.47. The predicted octanol–water partition coefficient (Wildman–Crippen LogP) is 1.27. The van der Waals surface area contributed by atoms with Gasteiger partial charge in [0.25, 0.3) is 0 Å². The number of likely N-dealkylation sites (N-methyl/N-ethyl adjacent to an activating group) is 1. The summed E-state index contributed by atoms with van der Waals surface area (Å²) in [5, 5.41) is 3.45. The van der Waals surface area contributed by atoms with Crippen LogP contribution in [0.4, 0.5) is 5.82 Å². The Hall–Kier alpha value is -1.86. The van der Waals surface area contributed by atoms with E-state index in [4.69, 9.17) is 4.74 Å². The lowest BCUT2D eigenvalue weighted by atomic mass is 10.1. The zero-order valence-electron chi connectivity index (χ0n) is 17.0. The third-order valence-corrected chi connectivity index (χ3v) is 5.53. The summed E-state index contributed by atoms with van der Waals surface area (Å²) in [5.41, 5.74) is 1.17. The molecule has 150 valence electrons. The van der Waals surface area contributed by atoms with Crippen molar-refractivity contribution in [2.75, 3.05) is 71.5 Å². The second-order valence-electron chi connectivity index (χ2n) is 7.46. The van der Waals surface area contributed by atoms with Crippen LogP contribution in [0.5, 0.6) is 0 Å². The summed E-state index contributed by atoms with van der Waals surface area (Å²) in [6.45, 7) is 11.2. The first-order chi connectivity index (χ1) is 13.2. The SMILES string of the molecule is CCN1CCN(c2ccc(CNC(=NC)N(C)CC3CCOC3)cn2)CC1. The van der Waals surface area contributed by atoms with Crippen molar-refractivity contribution >= 4 is 11.8 Å². The van der Waals surface area contributed by atoms with Gasteiger partial charge in [-0.05, 0) is 24.6 Å². The van der Waals surface area contributed by atoms with Crippen molar-refractivity contribution in [3.8, 4) is 0 Å². The second kappa shape index (κ2) is 9.90. The number of nitrogens with one attached hydrogen (secondary N) is 1. The molecule has 0 spiro atoms. The van der Waals surface area contributed by atoms with Crippen molar-refractivity contribution in [2.45, 2.75) is 19.9 Å². The number of piperazine rings is 1. The van der Waals surface area contributed by atoms with E-state index in [0.29, 0.717) is 5.92 Å². The standard InChI is InChI=1S/C20H34N6O/c1-4-25-8-10-26(11-9-25)19-6-5-17(13-22-19)14-23-20(21-2)24(3)15-18-7-12-27-16-18/h5-6,13,18H,4,7-12,14-16H2,1-3H3,(H,21,23). The number of pyridine rings is 1. The van der Waals surface area contributed by atoms with Gasteiger partial charge in [0.05, 0.1) is 6.61 Å². The molecule has 1 unspecified atom stereocenters. The number of aliphatic imine (C=N–C) groups is 1. The van der Waals surface area contributed by atoms with E-state index < -0.39 is 0 Å². The highest BCUT2D eigenvalue weighted by Crippen LogP contribution is 2.15. The van der Waals surface area contributed by atoms with Crippen LogP contribution in [0.3, 0.4) is 0 Å². The maximum Gasteiger partial charge on any atom is 0.193 e. The van der Waals surface area contributed by atoms with Gasteiger partial charge in [0, 0.05) is 72.1 Å². The highest BCUT2D eigenvalue weighted by Gasteiger charge is 2.19. The van der Waals surface area contributed by atoms with Crippen molar-refractivity contribution in [2.24, 2.45) is 10.9 Å². The van der Waals surface area contributed by atoms with Gasteiger partial charge in [-0.25, -0.2) is 4.98 Å². The maximum atomic E-state index is 5.47. The highest BCUT2D eigenvalue weighted by molar-refractivity contribution is 5.79. The molecule has 1 N–H and O–H groups in total. The highest BCUT2D eigenvalue weighted by atomic mass is 16.5. The molecule has 7 heteroatoms. The molecule has 1 aromatic rings. The van der Waals surface area contributed by atoms with E-state index in [9.17, 15) is 0 Å². The summed E-state index contributed by atoms with van der Waals surface area (Å²) in [7, 11) is 3.92. The zero-order chi connectivity index (χ0) is 19.1. The number of hydrogen-bond acceptors (Lipinski definition) is 5. The van der Waals surface area contributed by atoms with Crippen molar-refractivity contribution in [3.63, 3.8) is 0 Å². The number of aromatic nitrogens is 1. The normalized spacial score (nSPS) is 21.5. The molecule has 1 aromatic heterocycles. The van der Waals surface area contributed by atoms with E-state index in [0.717, 1.165) is 77.2 Å². The van der Waals surface area contributed by atoms with Gasteiger partial charge in [0.1, 0.15) is 5.82 Å². The molecular formula is C20H34N6O. The van der Waals surface area contributed by atoms with Gasteiger partial charge >= 0.3 is 0 Å². The molecule has 0 saturated carbocycles.